The second-order valence-electron chi connectivity index (χ2n) is 3.95. The molecular weight excluding hydrogens is 138 g/mol. The number of hydrogen-bond donors (Lipinski definition) is 3. The summed E-state index contributed by atoms with van der Waals surface area (Å²) in [6, 6.07) is 0. The maximum atomic E-state index is 6.12. The molecule has 3 heteroatoms. The van der Waals surface area contributed by atoms with Crippen molar-refractivity contribution in [3.63, 3.8) is 0 Å². The van der Waals surface area contributed by atoms with Crippen molar-refractivity contribution in [1.29, 1.82) is 0 Å². The van der Waals surface area contributed by atoms with Crippen molar-refractivity contribution in [2.75, 3.05) is 13.1 Å². The molecule has 0 amide bonds. The number of hydrogen-bond acceptors (Lipinski definition) is 3. The monoisotopic (exact) mass is 155 g/mol. The molecule has 0 atom stereocenters. The molecule has 0 saturated heterocycles. The summed E-state index contributed by atoms with van der Waals surface area (Å²) in [6.45, 7) is 1.64. The summed E-state index contributed by atoms with van der Waals surface area (Å²) in [5.41, 5.74) is 12.0. The van der Waals surface area contributed by atoms with Gasteiger partial charge in [0.1, 0.15) is 0 Å². The first-order valence-corrected chi connectivity index (χ1v) is 4.46. The SMILES string of the molecule is NCCNC1(C2(N)CC2)CC1. The van der Waals surface area contributed by atoms with Crippen LogP contribution in [0.15, 0.2) is 0 Å². The normalized spacial score (nSPS) is 30.0. The fraction of sp³-hybridized carbons (Fsp3) is 1.00. The molecule has 0 aromatic carbocycles. The van der Waals surface area contributed by atoms with Crippen molar-refractivity contribution >= 4 is 0 Å². The van der Waals surface area contributed by atoms with Gasteiger partial charge in [-0.25, -0.2) is 0 Å². The van der Waals surface area contributed by atoms with E-state index >= 15 is 0 Å². The molecule has 0 spiro atoms. The zero-order valence-electron chi connectivity index (χ0n) is 6.90. The van der Waals surface area contributed by atoms with Gasteiger partial charge in [0, 0.05) is 24.2 Å². The van der Waals surface area contributed by atoms with Crippen molar-refractivity contribution in [2.24, 2.45) is 11.5 Å². The lowest BCUT2D eigenvalue weighted by Crippen LogP contribution is -2.51. The predicted octanol–water partition coefficient (Wildman–Crippen LogP) is -0.441. The highest BCUT2D eigenvalue weighted by atomic mass is 15.1. The molecule has 2 saturated carbocycles. The van der Waals surface area contributed by atoms with Crippen LogP contribution in [0.5, 0.6) is 0 Å². The third-order valence-electron chi connectivity index (χ3n) is 3.10. The molecule has 2 aliphatic carbocycles. The molecule has 0 aliphatic heterocycles. The highest BCUT2D eigenvalue weighted by Gasteiger charge is 2.62. The van der Waals surface area contributed by atoms with Gasteiger partial charge in [-0.2, -0.15) is 0 Å². The summed E-state index contributed by atoms with van der Waals surface area (Å²) >= 11 is 0. The Kier molecular flexibility index (Phi) is 1.50. The Morgan fingerprint density at radius 2 is 1.82 bits per heavy atom. The van der Waals surface area contributed by atoms with E-state index in [0.717, 1.165) is 13.1 Å². The van der Waals surface area contributed by atoms with Crippen LogP contribution < -0.4 is 16.8 Å². The first-order valence-electron chi connectivity index (χ1n) is 4.46. The molecule has 2 aliphatic rings. The molecular formula is C8H17N3. The summed E-state index contributed by atoms with van der Waals surface area (Å²) in [4.78, 5) is 0. The molecule has 3 nitrogen and oxygen atoms in total. The fourth-order valence-corrected chi connectivity index (χ4v) is 1.90. The lowest BCUT2D eigenvalue weighted by atomic mass is 10.1. The average Bonchev–Trinajstić information content (AvgIpc) is 2.81. The van der Waals surface area contributed by atoms with E-state index in [1.54, 1.807) is 0 Å². The van der Waals surface area contributed by atoms with E-state index in [1.807, 2.05) is 0 Å². The van der Waals surface area contributed by atoms with Crippen molar-refractivity contribution in [3.05, 3.63) is 0 Å². The largest absolute Gasteiger partial charge is 0.329 e. The third kappa shape index (κ3) is 1.08. The van der Waals surface area contributed by atoms with Gasteiger partial charge in [0.2, 0.25) is 0 Å². The van der Waals surface area contributed by atoms with Crippen LogP contribution in [-0.4, -0.2) is 24.2 Å². The lowest BCUT2D eigenvalue weighted by Gasteiger charge is -2.23. The van der Waals surface area contributed by atoms with E-state index in [9.17, 15) is 0 Å². The minimum atomic E-state index is 0.141. The maximum Gasteiger partial charge on any atom is 0.0363 e. The number of nitrogens with two attached hydrogens (primary N) is 2. The Labute approximate surface area is 67.5 Å². The van der Waals surface area contributed by atoms with Crippen LogP contribution in [0, 0.1) is 0 Å². The Morgan fingerprint density at radius 3 is 2.18 bits per heavy atom. The summed E-state index contributed by atoms with van der Waals surface area (Å²) in [7, 11) is 0. The molecule has 0 aromatic rings. The lowest BCUT2D eigenvalue weighted by molar-refractivity contribution is 0.400. The van der Waals surface area contributed by atoms with Gasteiger partial charge >= 0.3 is 0 Å². The van der Waals surface area contributed by atoms with Gasteiger partial charge in [0.15, 0.2) is 0 Å². The molecule has 0 radical (unpaired) electrons. The Bertz CT molecular complexity index is 159. The van der Waals surface area contributed by atoms with E-state index in [-0.39, 0.29) is 5.54 Å². The molecule has 2 fully saturated rings. The number of rotatable bonds is 4. The second kappa shape index (κ2) is 2.19. The van der Waals surface area contributed by atoms with Crippen LogP contribution in [0.25, 0.3) is 0 Å². The van der Waals surface area contributed by atoms with Gasteiger partial charge in [0.25, 0.3) is 0 Å². The van der Waals surface area contributed by atoms with Gasteiger partial charge in [-0.05, 0) is 25.7 Å². The smallest absolute Gasteiger partial charge is 0.0363 e. The molecule has 2 rings (SSSR count). The number of nitrogens with one attached hydrogen (secondary N) is 1. The first-order chi connectivity index (χ1) is 5.22. The second-order valence-corrected chi connectivity index (χ2v) is 3.95. The van der Waals surface area contributed by atoms with Crippen molar-refractivity contribution in [2.45, 2.75) is 36.8 Å². The Balaban J connectivity index is 1.89. The summed E-state index contributed by atoms with van der Waals surface area (Å²) in [5.74, 6) is 0. The molecule has 5 N–H and O–H groups in total. The standard InChI is InChI=1S/C8H17N3/c9-5-6-11-8(3-4-8)7(10)1-2-7/h11H,1-6,9-10H2. The van der Waals surface area contributed by atoms with Crippen molar-refractivity contribution in [1.82, 2.24) is 5.32 Å². The zero-order valence-corrected chi connectivity index (χ0v) is 6.90. The van der Waals surface area contributed by atoms with Crippen LogP contribution >= 0.6 is 0 Å². The average molecular weight is 155 g/mol. The Morgan fingerprint density at radius 1 is 1.18 bits per heavy atom. The maximum absolute atomic E-state index is 6.12. The first kappa shape index (κ1) is 7.53. The van der Waals surface area contributed by atoms with Crippen LogP contribution in [0.3, 0.4) is 0 Å². The van der Waals surface area contributed by atoms with Gasteiger partial charge in [-0.3, -0.25) is 0 Å². The van der Waals surface area contributed by atoms with E-state index in [4.69, 9.17) is 11.5 Å². The van der Waals surface area contributed by atoms with Crippen LogP contribution in [0.4, 0.5) is 0 Å². The van der Waals surface area contributed by atoms with Crippen LogP contribution in [-0.2, 0) is 0 Å². The van der Waals surface area contributed by atoms with Gasteiger partial charge in [-0.15, -0.1) is 0 Å². The van der Waals surface area contributed by atoms with Gasteiger partial charge in [-0.1, -0.05) is 0 Å². The van der Waals surface area contributed by atoms with E-state index in [0.29, 0.717) is 5.54 Å². The summed E-state index contributed by atoms with van der Waals surface area (Å²) < 4.78 is 0. The Hall–Kier alpha value is -0.120. The van der Waals surface area contributed by atoms with Crippen molar-refractivity contribution in [3.8, 4) is 0 Å². The molecule has 0 heterocycles. The van der Waals surface area contributed by atoms with Gasteiger partial charge < -0.3 is 16.8 Å². The molecule has 64 valence electrons. The summed E-state index contributed by atoms with van der Waals surface area (Å²) in [5, 5.41) is 3.47. The minimum Gasteiger partial charge on any atom is -0.329 e. The zero-order chi connectivity index (χ0) is 7.95. The van der Waals surface area contributed by atoms with Crippen LogP contribution in [0.1, 0.15) is 25.7 Å². The van der Waals surface area contributed by atoms with Gasteiger partial charge in [0.05, 0.1) is 0 Å². The molecule has 0 bridgehead atoms. The molecule has 0 unspecified atom stereocenters. The highest BCUT2D eigenvalue weighted by molar-refractivity contribution is 5.25. The third-order valence-corrected chi connectivity index (χ3v) is 3.10. The topological polar surface area (TPSA) is 64.1 Å². The highest BCUT2D eigenvalue weighted by Crippen LogP contribution is 2.55. The summed E-state index contributed by atoms with van der Waals surface area (Å²) in [6.07, 6.45) is 4.90. The van der Waals surface area contributed by atoms with Crippen LogP contribution in [0.2, 0.25) is 0 Å². The van der Waals surface area contributed by atoms with E-state index in [1.165, 1.54) is 25.7 Å². The minimum absolute atomic E-state index is 0.141. The molecule has 11 heavy (non-hydrogen) atoms. The molecule has 0 aromatic heterocycles. The predicted molar refractivity (Wildman–Crippen MR) is 45.2 cm³/mol. The van der Waals surface area contributed by atoms with E-state index < -0.39 is 0 Å². The fourth-order valence-electron chi connectivity index (χ4n) is 1.90. The quantitative estimate of drug-likeness (QED) is 0.515. The van der Waals surface area contributed by atoms with Crippen molar-refractivity contribution < 1.29 is 0 Å². The van der Waals surface area contributed by atoms with E-state index in [2.05, 4.69) is 5.32 Å².